The quantitative estimate of drug-likeness (QED) is 0.940. The molecular formula is C15H12F3NO2. The maximum absolute atomic E-state index is 12.6. The van der Waals surface area contributed by atoms with Crippen LogP contribution in [0.2, 0.25) is 0 Å². The fourth-order valence-electron chi connectivity index (χ4n) is 1.74. The number of nitrogens with two attached hydrogens (primary N) is 1. The number of carbonyl (C=O) groups is 1. The summed E-state index contributed by atoms with van der Waals surface area (Å²) in [6, 6.07) is 11.0. The molecule has 0 atom stereocenters. The third kappa shape index (κ3) is 3.98. The van der Waals surface area contributed by atoms with Crippen LogP contribution in [0.15, 0.2) is 48.5 Å². The zero-order valence-corrected chi connectivity index (χ0v) is 10.9. The second-order valence-corrected chi connectivity index (χ2v) is 4.38. The van der Waals surface area contributed by atoms with E-state index in [4.69, 9.17) is 10.5 Å². The molecule has 2 aromatic carbocycles. The SMILES string of the molecule is NC(=O)c1cccc(OCc2cccc(C(F)(F)F)c2)c1. The highest BCUT2D eigenvalue weighted by atomic mass is 19.4. The molecule has 0 saturated carbocycles. The zero-order valence-electron chi connectivity index (χ0n) is 10.9. The van der Waals surface area contributed by atoms with Crippen molar-refractivity contribution in [3.63, 3.8) is 0 Å². The van der Waals surface area contributed by atoms with E-state index in [0.717, 1.165) is 12.1 Å². The predicted octanol–water partition coefficient (Wildman–Crippen LogP) is 3.38. The lowest BCUT2D eigenvalue weighted by Crippen LogP contribution is -2.10. The van der Waals surface area contributed by atoms with Crippen LogP contribution in [0.5, 0.6) is 5.75 Å². The molecule has 2 N–H and O–H groups in total. The van der Waals surface area contributed by atoms with Crippen molar-refractivity contribution < 1.29 is 22.7 Å². The second kappa shape index (κ2) is 5.87. The van der Waals surface area contributed by atoms with Gasteiger partial charge >= 0.3 is 6.18 Å². The van der Waals surface area contributed by atoms with Crippen LogP contribution in [0.4, 0.5) is 13.2 Å². The van der Waals surface area contributed by atoms with Crippen LogP contribution in [-0.4, -0.2) is 5.91 Å². The first-order chi connectivity index (χ1) is 9.86. The van der Waals surface area contributed by atoms with E-state index in [1.165, 1.54) is 24.3 Å². The Morgan fingerprint density at radius 3 is 2.48 bits per heavy atom. The molecule has 2 rings (SSSR count). The minimum absolute atomic E-state index is 0.0356. The Morgan fingerprint density at radius 1 is 1.10 bits per heavy atom. The topological polar surface area (TPSA) is 52.3 Å². The van der Waals surface area contributed by atoms with Crippen molar-refractivity contribution >= 4 is 5.91 Å². The van der Waals surface area contributed by atoms with Gasteiger partial charge in [-0.25, -0.2) is 0 Å². The van der Waals surface area contributed by atoms with Gasteiger partial charge in [0.15, 0.2) is 0 Å². The van der Waals surface area contributed by atoms with Crippen molar-refractivity contribution in [2.75, 3.05) is 0 Å². The highest BCUT2D eigenvalue weighted by Crippen LogP contribution is 2.29. The smallest absolute Gasteiger partial charge is 0.416 e. The molecule has 1 amide bonds. The lowest BCUT2D eigenvalue weighted by molar-refractivity contribution is -0.137. The number of primary amides is 1. The molecule has 0 aliphatic carbocycles. The van der Waals surface area contributed by atoms with Crippen molar-refractivity contribution in [2.45, 2.75) is 12.8 Å². The summed E-state index contributed by atoms with van der Waals surface area (Å²) in [5, 5.41) is 0. The Balaban J connectivity index is 2.10. The Kier molecular flexibility index (Phi) is 4.16. The van der Waals surface area contributed by atoms with Gasteiger partial charge in [-0.2, -0.15) is 13.2 Å². The van der Waals surface area contributed by atoms with Crippen molar-refractivity contribution in [1.82, 2.24) is 0 Å². The number of hydrogen-bond donors (Lipinski definition) is 1. The summed E-state index contributed by atoms with van der Waals surface area (Å²) in [5.74, 6) is -0.233. The number of carbonyl (C=O) groups excluding carboxylic acids is 1. The van der Waals surface area contributed by atoms with Crippen LogP contribution < -0.4 is 10.5 Å². The molecule has 0 aliphatic rings. The van der Waals surface area contributed by atoms with Crippen LogP contribution in [0, 0.1) is 0 Å². The van der Waals surface area contributed by atoms with Gasteiger partial charge in [-0.05, 0) is 35.9 Å². The molecule has 2 aromatic rings. The van der Waals surface area contributed by atoms with Crippen molar-refractivity contribution in [3.8, 4) is 5.75 Å². The number of ether oxygens (including phenoxy) is 1. The summed E-state index contributed by atoms with van der Waals surface area (Å²) in [5.41, 5.74) is 5.07. The Bertz CT molecular complexity index is 653. The van der Waals surface area contributed by atoms with Crippen LogP contribution in [0.25, 0.3) is 0 Å². The molecule has 0 unspecified atom stereocenters. The van der Waals surface area contributed by atoms with Gasteiger partial charge in [0.05, 0.1) is 5.56 Å². The van der Waals surface area contributed by atoms with Crippen molar-refractivity contribution in [3.05, 3.63) is 65.2 Å². The molecule has 0 fully saturated rings. The van der Waals surface area contributed by atoms with Crippen LogP contribution >= 0.6 is 0 Å². The second-order valence-electron chi connectivity index (χ2n) is 4.38. The molecular weight excluding hydrogens is 283 g/mol. The summed E-state index contributed by atoms with van der Waals surface area (Å²) < 4.78 is 43.1. The summed E-state index contributed by atoms with van der Waals surface area (Å²) >= 11 is 0. The number of rotatable bonds is 4. The molecule has 0 heterocycles. The number of benzene rings is 2. The van der Waals surface area contributed by atoms with E-state index < -0.39 is 17.6 Å². The van der Waals surface area contributed by atoms with E-state index in [-0.39, 0.29) is 12.2 Å². The number of hydrogen-bond acceptors (Lipinski definition) is 2. The van der Waals surface area contributed by atoms with Crippen LogP contribution in [0.3, 0.4) is 0 Å². The first kappa shape index (κ1) is 14.9. The monoisotopic (exact) mass is 295 g/mol. The van der Waals surface area contributed by atoms with E-state index >= 15 is 0 Å². The van der Waals surface area contributed by atoms with E-state index in [2.05, 4.69) is 0 Å². The first-order valence-corrected chi connectivity index (χ1v) is 6.05. The van der Waals surface area contributed by atoms with Gasteiger partial charge in [0.25, 0.3) is 0 Å². The van der Waals surface area contributed by atoms with E-state index in [0.29, 0.717) is 11.3 Å². The fraction of sp³-hybridized carbons (Fsp3) is 0.133. The Hall–Kier alpha value is -2.50. The minimum atomic E-state index is -4.39. The number of amides is 1. The summed E-state index contributed by atoms with van der Waals surface area (Å²) in [7, 11) is 0. The number of alkyl halides is 3. The zero-order chi connectivity index (χ0) is 15.5. The summed E-state index contributed by atoms with van der Waals surface area (Å²) in [6.45, 7) is -0.0356. The molecule has 0 saturated heterocycles. The molecule has 6 heteroatoms. The average molecular weight is 295 g/mol. The van der Waals surface area contributed by atoms with E-state index in [9.17, 15) is 18.0 Å². The minimum Gasteiger partial charge on any atom is -0.489 e. The van der Waals surface area contributed by atoms with Crippen LogP contribution in [-0.2, 0) is 12.8 Å². The van der Waals surface area contributed by atoms with E-state index in [1.807, 2.05) is 0 Å². The molecule has 0 aliphatic heterocycles. The number of halogens is 3. The lowest BCUT2D eigenvalue weighted by Gasteiger charge is -2.10. The maximum Gasteiger partial charge on any atom is 0.416 e. The molecule has 21 heavy (non-hydrogen) atoms. The molecule has 0 spiro atoms. The molecule has 110 valence electrons. The Labute approximate surface area is 119 Å². The van der Waals surface area contributed by atoms with Gasteiger partial charge < -0.3 is 10.5 Å². The average Bonchev–Trinajstić information content (AvgIpc) is 2.45. The highest BCUT2D eigenvalue weighted by Gasteiger charge is 2.30. The van der Waals surface area contributed by atoms with Gasteiger partial charge in [-0.1, -0.05) is 18.2 Å². The third-order valence-corrected chi connectivity index (χ3v) is 2.78. The first-order valence-electron chi connectivity index (χ1n) is 6.05. The molecule has 3 nitrogen and oxygen atoms in total. The Morgan fingerprint density at radius 2 is 1.81 bits per heavy atom. The third-order valence-electron chi connectivity index (χ3n) is 2.78. The van der Waals surface area contributed by atoms with Crippen molar-refractivity contribution in [2.24, 2.45) is 5.73 Å². The van der Waals surface area contributed by atoms with Gasteiger partial charge in [0.2, 0.25) is 5.91 Å². The van der Waals surface area contributed by atoms with Crippen LogP contribution in [0.1, 0.15) is 21.5 Å². The van der Waals surface area contributed by atoms with Gasteiger partial charge in [0, 0.05) is 5.56 Å². The van der Waals surface area contributed by atoms with Gasteiger partial charge in [0.1, 0.15) is 12.4 Å². The van der Waals surface area contributed by atoms with E-state index in [1.54, 1.807) is 12.1 Å². The van der Waals surface area contributed by atoms with Crippen molar-refractivity contribution in [1.29, 1.82) is 0 Å². The van der Waals surface area contributed by atoms with Gasteiger partial charge in [-0.3, -0.25) is 4.79 Å². The fourth-order valence-corrected chi connectivity index (χ4v) is 1.74. The largest absolute Gasteiger partial charge is 0.489 e. The molecule has 0 radical (unpaired) electrons. The summed E-state index contributed by atoms with van der Waals surface area (Å²) in [6.07, 6.45) is -4.39. The molecule has 0 bridgehead atoms. The lowest BCUT2D eigenvalue weighted by atomic mass is 10.1. The normalized spacial score (nSPS) is 11.2. The molecule has 0 aromatic heterocycles. The predicted molar refractivity (Wildman–Crippen MR) is 70.7 cm³/mol. The standard InChI is InChI=1S/C15H12F3NO2/c16-15(17,18)12-5-1-3-10(7-12)9-21-13-6-2-4-11(8-13)14(19)20/h1-8H,9H2,(H2,19,20). The maximum atomic E-state index is 12.6. The van der Waals surface area contributed by atoms with Gasteiger partial charge in [-0.15, -0.1) is 0 Å². The summed E-state index contributed by atoms with van der Waals surface area (Å²) in [4.78, 5) is 11.0. The highest BCUT2D eigenvalue weighted by molar-refractivity contribution is 5.93.